The van der Waals surface area contributed by atoms with Crippen LogP contribution in [0.3, 0.4) is 0 Å². The molecule has 0 aliphatic carbocycles. The van der Waals surface area contributed by atoms with Crippen LogP contribution in [0, 0.1) is 0 Å². The van der Waals surface area contributed by atoms with E-state index in [1.165, 1.54) is 12.4 Å². The summed E-state index contributed by atoms with van der Waals surface area (Å²) in [6.07, 6.45) is 2.38. The average molecular weight is 488 g/mol. The van der Waals surface area contributed by atoms with Gasteiger partial charge >= 0.3 is 0 Å². The molecule has 0 aliphatic heterocycles. The van der Waals surface area contributed by atoms with Gasteiger partial charge in [-0.15, -0.1) is 11.3 Å². The first kappa shape index (κ1) is 25.6. The van der Waals surface area contributed by atoms with Gasteiger partial charge in [-0.3, -0.25) is 4.79 Å². The Kier molecular flexibility index (Phi) is 9.76. The largest absolute Gasteiger partial charge is 0.390 e. The van der Waals surface area contributed by atoms with Crippen molar-refractivity contribution in [3.63, 3.8) is 0 Å². The molecular weight excluding hydrogens is 458 g/mol. The highest BCUT2D eigenvalue weighted by Gasteiger charge is 2.29. The number of thiazole rings is 1. The molecule has 0 fully saturated rings. The second-order valence-corrected chi connectivity index (χ2v) is 11.0. The number of anilines is 1. The Balaban J connectivity index is 2.16. The zero-order chi connectivity index (χ0) is 23.0. The first-order chi connectivity index (χ1) is 14.6. The molecule has 0 radical (unpaired) electrons. The van der Waals surface area contributed by atoms with Crippen LogP contribution >= 0.6 is 23.1 Å². The van der Waals surface area contributed by atoms with Crippen LogP contribution < -0.4 is 9.62 Å². The Morgan fingerprint density at radius 1 is 1.29 bits per heavy atom. The van der Waals surface area contributed by atoms with Gasteiger partial charge in [-0.25, -0.2) is 17.7 Å². The quantitative estimate of drug-likeness (QED) is 0.390. The monoisotopic (exact) mass is 487 g/mol. The van der Waals surface area contributed by atoms with Crippen molar-refractivity contribution < 1.29 is 23.4 Å². The van der Waals surface area contributed by atoms with Crippen molar-refractivity contribution in [1.29, 1.82) is 0 Å². The number of thioether (sulfide) groups is 1. The number of aliphatic hydroxyl groups excluding tert-OH is 2. The van der Waals surface area contributed by atoms with E-state index in [1.807, 2.05) is 36.6 Å². The maximum Gasteiger partial charge on any atom is 0.271 e. The summed E-state index contributed by atoms with van der Waals surface area (Å²) in [5.41, 5.74) is 0.955. The van der Waals surface area contributed by atoms with E-state index in [0.29, 0.717) is 12.8 Å². The Hall–Kier alpha value is -1.66. The predicted octanol–water partition coefficient (Wildman–Crippen LogP) is 1.75. The van der Waals surface area contributed by atoms with Gasteiger partial charge in [0.2, 0.25) is 10.0 Å². The smallest absolute Gasteiger partial charge is 0.271 e. The molecule has 0 spiro atoms. The van der Waals surface area contributed by atoms with Crippen LogP contribution in [-0.4, -0.2) is 73.1 Å². The topological polar surface area (TPSA) is 120 Å². The SMILES string of the molecule is CSCCCC(O)C(O)C(Cc1ccccc1)NC(=O)c1csc(N(C)S(C)(=O)=O)n1. The summed E-state index contributed by atoms with van der Waals surface area (Å²) in [6, 6.07) is 8.63. The summed E-state index contributed by atoms with van der Waals surface area (Å²) < 4.78 is 24.4. The number of sulfonamides is 1. The maximum absolute atomic E-state index is 12.8. The molecule has 0 aliphatic rings. The van der Waals surface area contributed by atoms with Crippen LogP contribution in [0.5, 0.6) is 0 Å². The van der Waals surface area contributed by atoms with Crippen LogP contribution in [0.2, 0.25) is 0 Å². The third-order valence-electron chi connectivity index (χ3n) is 4.76. The number of aromatic nitrogens is 1. The number of amides is 1. The number of benzene rings is 1. The van der Waals surface area contributed by atoms with Gasteiger partial charge < -0.3 is 15.5 Å². The summed E-state index contributed by atoms with van der Waals surface area (Å²) in [6.45, 7) is 0. The fourth-order valence-corrected chi connectivity index (χ4v) is 4.89. The van der Waals surface area contributed by atoms with Gasteiger partial charge in [0, 0.05) is 12.4 Å². The second kappa shape index (κ2) is 11.8. The fourth-order valence-electron chi connectivity index (χ4n) is 2.90. The van der Waals surface area contributed by atoms with Gasteiger partial charge in [-0.1, -0.05) is 30.3 Å². The van der Waals surface area contributed by atoms with E-state index in [1.54, 1.807) is 11.8 Å². The molecule has 8 nitrogen and oxygen atoms in total. The number of carbonyl (C=O) groups excluding carboxylic acids is 1. The van der Waals surface area contributed by atoms with Crippen molar-refractivity contribution in [2.45, 2.75) is 37.5 Å². The van der Waals surface area contributed by atoms with Crippen LogP contribution in [0.15, 0.2) is 35.7 Å². The van der Waals surface area contributed by atoms with Crippen molar-refractivity contribution in [1.82, 2.24) is 10.3 Å². The van der Waals surface area contributed by atoms with Crippen molar-refractivity contribution in [2.24, 2.45) is 0 Å². The highest BCUT2D eigenvalue weighted by atomic mass is 32.2. The van der Waals surface area contributed by atoms with Gasteiger partial charge in [-0.05, 0) is 36.8 Å². The lowest BCUT2D eigenvalue weighted by molar-refractivity contribution is -0.00734. The summed E-state index contributed by atoms with van der Waals surface area (Å²) >= 11 is 2.70. The molecule has 31 heavy (non-hydrogen) atoms. The van der Waals surface area contributed by atoms with Crippen molar-refractivity contribution in [3.8, 4) is 0 Å². The Bertz CT molecular complexity index is 937. The van der Waals surface area contributed by atoms with E-state index in [4.69, 9.17) is 0 Å². The average Bonchev–Trinajstić information content (AvgIpc) is 3.22. The number of nitrogens with zero attached hydrogens (tertiary/aromatic N) is 2. The van der Waals surface area contributed by atoms with Gasteiger partial charge in [-0.2, -0.15) is 11.8 Å². The Morgan fingerprint density at radius 2 is 1.97 bits per heavy atom. The molecular formula is C20H29N3O5S3. The van der Waals surface area contributed by atoms with E-state index >= 15 is 0 Å². The van der Waals surface area contributed by atoms with Crippen LogP contribution in [0.1, 0.15) is 28.9 Å². The summed E-state index contributed by atoms with van der Waals surface area (Å²) in [7, 11) is -2.13. The first-order valence-corrected chi connectivity index (χ1v) is 13.8. The Morgan fingerprint density at radius 3 is 2.58 bits per heavy atom. The third-order valence-corrected chi connectivity index (χ3v) is 7.66. The predicted molar refractivity (Wildman–Crippen MR) is 126 cm³/mol. The molecule has 0 saturated heterocycles. The van der Waals surface area contributed by atoms with Crippen molar-refractivity contribution in [2.75, 3.05) is 29.6 Å². The van der Waals surface area contributed by atoms with Crippen LogP contribution in [0.4, 0.5) is 5.13 Å². The fraction of sp³-hybridized carbons (Fsp3) is 0.500. The highest BCUT2D eigenvalue weighted by Crippen LogP contribution is 2.22. The van der Waals surface area contributed by atoms with E-state index in [2.05, 4.69) is 10.3 Å². The molecule has 172 valence electrons. The molecule has 11 heteroatoms. The zero-order valence-corrected chi connectivity index (χ0v) is 20.2. The lowest BCUT2D eigenvalue weighted by Crippen LogP contribution is -2.50. The van der Waals surface area contributed by atoms with Crippen molar-refractivity contribution >= 4 is 44.2 Å². The number of hydrogen-bond donors (Lipinski definition) is 3. The summed E-state index contributed by atoms with van der Waals surface area (Å²) in [5, 5.41) is 25.6. The van der Waals surface area contributed by atoms with Crippen molar-refractivity contribution in [3.05, 3.63) is 47.0 Å². The number of carbonyl (C=O) groups is 1. The van der Waals surface area contributed by atoms with Gasteiger partial charge in [0.25, 0.3) is 5.91 Å². The molecule has 0 saturated carbocycles. The van der Waals surface area contributed by atoms with Crippen LogP contribution in [0.25, 0.3) is 0 Å². The maximum atomic E-state index is 12.8. The van der Waals surface area contributed by atoms with E-state index in [0.717, 1.165) is 39.6 Å². The van der Waals surface area contributed by atoms with E-state index in [9.17, 15) is 23.4 Å². The molecule has 2 aromatic rings. The molecule has 1 aromatic carbocycles. The highest BCUT2D eigenvalue weighted by molar-refractivity contribution is 7.98. The molecule has 0 bridgehead atoms. The molecule has 3 atom stereocenters. The lowest BCUT2D eigenvalue weighted by atomic mass is 9.95. The minimum Gasteiger partial charge on any atom is -0.390 e. The van der Waals surface area contributed by atoms with Gasteiger partial charge in [0.05, 0.1) is 18.4 Å². The number of hydrogen-bond acceptors (Lipinski definition) is 8. The van der Waals surface area contributed by atoms with E-state index in [-0.39, 0.29) is 10.8 Å². The summed E-state index contributed by atoms with van der Waals surface area (Å²) in [5.74, 6) is 0.329. The van der Waals surface area contributed by atoms with E-state index < -0.39 is 34.2 Å². The van der Waals surface area contributed by atoms with Gasteiger partial charge in [0.15, 0.2) is 5.13 Å². The summed E-state index contributed by atoms with van der Waals surface area (Å²) in [4.78, 5) is 16.9. The standard InChI is InChI=1S/C20H29N3O5S3/c1-23(31(3,27)28)20-22-16(13-30-20)19(26)21-15(12-14-8-5-4-6-9-14)18(25)17(24)10-7-11-29-2/h4-6,8-9,13,15,17-18,24-25H,7,10-12H2,1-3H3,(H,21,26). The second-order valence-electron chi connectivity index (χ2n) is 7.21. The van der Waals surface area contributed by atoms with Crippen LogP contribution in [-0.2, 0) is 16.4 Å². The molecule has 3 unspecified atom stereocenters. The third kappa shape index (κ3) is 7.76. The normalized spacial score (nSPS) is 14.6. The molecule has 3 N–H and O–H groups in total. The molecule has 1 aromatic heterocycles. The number of aliphatic hydroxyl groups is 2. The molecule has 1 heterocycles. The number of rotatable bonds is 12. The molecule has 1 amide bonds. The number of nitrogens with one attached hydrogen (secondary N) is 1. The van der Waals surface area contributed by atoms with Gasteiger partial charge in [0.1, 0.15) is 11.8 Å². The zero-order valence-electron chi connectivity index (χ0n) is 17.8. The lowest BCUT2D eigenvalue weighted by Gasteiger charge is -2.28. The molecule has 2 rings (SSSR count). The minimum atomic E-state index is -3.49. The Labute approximate surface area is 191 Å². The minimum absolute atomic E-state index is 0.0534. The first-order valence-electron chi connectivity index (χ1n) is 9.72.